The van der Waals surface area contributed by atoms with Crippen molar-refractivity contribution >= 4 is 5.78 Å². The van der Waals surface area contributed by atoms with Gasteiger partial charge < -0.3 is 4.90 Å². The van der Waals surface area contributed by atoms with Gasteiger partial charge in [-0.3, -0.25) is 4.79 Å². The number of benzene rings is 1. The predicted octanol–water partition coefficient (Wildman–Crippen LogP) is 2.01. The van der Waals surface area contributed by atoms with Crippen LogP contribution in [-0.4, -0.2) is 44.0 Å². The van der Waals surface area contributed by atoms with Gasteiger partial charge in [0.2, 0.25) is 0 Å². The van der Waals surface area contributed by atoms with Crippen molar-refractivity contribution in [1.82, 2.24) is 4.90 Å². The maximum absolute atomic E-state index is 13.0. The molecule has 1 heterocycles. The topological polar surface area (TPSA) is 38.8 Å². The van der Waals surface area contributed by atoms with Gasteiger partial charge in [-0.15, -0.1) is 0 Å². The summed E-state index contributed by atoms with van der Waals surface area (Å²) in [6, 6.07) is 6.14. The lowest BCUT2D eigenvalue weighted by Crippen LogP contribution is -2.45. The fourth-order valence-electron chi connectivity index (χ4n) is 2.54. The van der Waals surface area contributed by atoms with Crippen molar-refractivity contribution in [3.05, 3.63) is 35.6 Å². The van der Waals surface area contributed by atoms with Crippen LogP contribution in [0, 0.1) is 11.7 Å². The minimum Gasteiger partial charge on any atom is -0.305 e. The first-order valence-corrected chi connectivity index (χ1v) is 6.84. The first-order valence-electron chi connectivity index (χ1n) is 6.84. The van der Waals surface area contributed by atoms with Gasteiger partial charge >= 0.3 is 0 Å². The Morgan fingerprint density at radius 2 is 1.95 bits per heavy atom. The Balaban J connectivity index is 2.08. The van der Waals surface area contributed by atoms with E-state index in [0.717, 1.165) is 5.56 Å². The number of carbonyl (C=O) groups is 1. The number of likely N-dealkylation sites (N-methyl/N-ethyl adjacent to an activating group) is 1. The van der Waals surface area contributed by atoms with Gasteiger partial charge in [-0.25, -0.2) is 14.2 Å². The first-order chi connectivity index (χ1) is 9.61. The summed E-state index contributed by atoms with van der Waals surface area (Å²) in [6.07, 6.45) is 0. The minimum atomic E-state index is -0.290. The number of halogens is 1. The van der Waals surface area contributed by atoms with Crippen molar-refractivity contribution in [2.24, 2.45) is 5.92 Å². The van der Waals surface area contributed by atoms with Crippen LogP contribution in [0.5, 0.6) is 0 Å². The zero-order valence-electron chi connectivity index (χ0n) is 11.8. The third kappa shape index (κ3) is 3.62. The highest BCUT2D eigenvalue weighted by molar-refractivity contribution is 5.89. The SMILES string of the molecule is CCOOCC1CN(C)CC(c2ccc(F)cc2)C1=O. The Labute approximate surface area is 118 Å². The Morgan fingerprint density at radius 1 is 1.25 bits per heavy atom. The van der Waals surface area contributed by atoms with E-state index in [2.05, 4.69) is 4.90 Å². The highest BCUT2D eigenvalue weighted by atomic mass is 19.1. The molecule has 110 valence electrons. The number of hydrogen-bond acceptors (Lipinski definition) is 4. The monoisotopic (exact) mass is 281 g/mol. The molecule has 0 aliphatic carbocycles. The molecule has 0 N–H and O–H groups in total. The van der Waals surface area contributed by atoms with Gasteiger partial charge in [0.05, 0.1) is 25.0 Å². The number of ketones is 1. The second-order valence-electron chi connectivity index (χ2n) is 5.12. The van der Waals surface area contributed by atoms with Gasteiger partial charge in [0.15, 0.2) is 0 Å². The van der Waals surface area contributed by atoms with Gasteiger partial charge in [0, 0.05) is 13.1 Å². The molecule has 1 fully saturated rings. The number of carbonyl (C=O) groups excluding carboxylic acids is 1. The normalized spacial score (nSPS) is 24.1. The van der Waals surface area contributed by atoms with E-state index in [1.54, 1.807) is 12.1 Å². The molecule has 1 aromatic rings. The van der Waals surface area contributed by atoms with E-state index in [-0.39, 0.29) is 30.0 Å². The maximum atomic E-state index is 13.0. The van der Waals surface area contributed by atoms with E-state index in [9.17, 15) is 9.18 Å². The number of rotatable bonds is 5. The van der Waals surface area contributed by atoms with Crippen molar-refractivity contribution in [2.45, 2.75) is 12.8 Å². The molecular formula is C15H20FNO3. The summed E-state index contributed by atoms with van der Waals surface area (Å²) in [5.41, 5.74) is 0.851. The van der Waals surface area contributed by atoms with Crippen molar-refractivity contribution in [3.8, 4) is 0 Å². The number of nitrogens with zero attached hydrogens (tertiary/aromatic N) is 1. The molecule has 2 rings (SSSR count). The number of piperidine rings is 1. The largest absolute Gasteiger partial charge is 0.305 e. The molecule has 0 saturated carbocycles. The molecule has 0 amide bonds. The molecule has 2 atom stereocenters. The molecule has 1 aliphatic heterocycles. The lowest BCUT2D eigenvalue weighted by molar-refractivity contribution is -0.297. The van der Waals surface area contributed by atoms with Gasteiger partial charge in [0.1, 0.15) is 11.6 Å². The van der Waals surface area contributed by atoms with Crippen molar-refractivity contribution in [3.63, 3.8) is 0 Å². The summed E-state index contributed by atoms with van der Waals surface area (Å²) >= 11 is 0. The van der Waals surface area contributed by atoms with Crippen LogP contribution in [-0.2, 0) is 14.6 Å². The van der Waals surface area contributed by atoms with E-state index < -0.39 is 0 Å². The predicted molar refractivity (Wildman–Crippen MR) is 72.7 cm³/mol. The van der Waals surface area contributed by atoms with E-state index in [0.29, 0.717) is 19.7 Å². The molecule has 4 nitrogen and oxygen atoms in total. The second kappa shape index (κ2) is 6.92. The fourth-order valence-corrected chi connectivity index (χ4v) is 2.54. The Morgan fingerprint density at radius 3 is 2.60 bits per heavy atom. The number of hydrogen-bond donors (Lipinski definition) is 0. The van der Waals surface area contributed by atoms with E-state index in [4.69, 9.17) is 9.78 Å². The lowest BCUT2D eigenvalue weighted by atomic mass is 9.84. The average molecular weight is 281 g/mol. The second-order valence-corrected chi connectivity index (χ2v) is 5.12. The van der Waals surface area contributed by atoms with Gasteiger partial charge in [-0.05, 0) is 31.7 Å². The highest BCUT2D eigenvalue weighted by Crippen LogP contribution is 2.27. The smallest absolute Gasteiger partial charge is 0.148 e. The van der Waals surface area contributed by atoms with Crippen LogP contribution < -0.4 is 0 Å². The summed E-state index contributed by atoms with van der Waals surface area (Å²) in [5.74, 6) is -0.601. The molecule has 2 unspecified atom stereocenters. The number of likely N-dealkylation sites (tertiary alicyclic amines) is 1. The Bertz CT molecular complexity index is 449. The van der Waals surface area contributed by atoms with Crippen LogP contribution in [0.2, 0.25) is 0 Å². The zero-order chi connectivity index (χ0) is 14.5. The molecule has 0 spiro atoms. The van der Waals surface area contributed by atoms with Gasteiger partial charge in [-0.2, -0.15) is 0 Å². The van der Waals surface area contributed by atoms with Crippen LogP contribution in [0.25, 0.3) is 0 Å². The van der Waals surface area contributed by atoms with Crippen molar-refractivity contribution in [1.29, 1.82) is 0 Å². The zero-order valence-corrected chi connectivity index (χ0v) is 11.8. The van der Waals surface area contributed by atoms with E-state index >= 15 is 0 Å². The van der Waals surface area contributed by atoms with E-state index in [1.165, 1.54) is 12.1 Å². The molecule has 1 aliphatic rings. The average Bonchev–Trinajstić information content (AvgIpc) is 2.43. The van der Waals surface area contributed by atoms with Crippen LogP contribution in [0.3, 0.4) is 0 Å². The molecule has 0 aromatic heterocycles. The number of Topliss-reactive ketones (excluding diaryl/α,β-unsaturated/α-hetero) is 1. The summed E-state index contributed by atoms with van der Waals surface area (Å²) < 4.78 is 13.0. The van der Waals surface area contributed by atoms with Crippen LogP contribution in [0.1, 0.15) is 18.4 Å². The van der Waals surface area contributed by atoms with Gasteiger partial charge in [-0.1, -0.05) is 12.1 Å². The summed E-state index contributed by atoms with van der Waals surface area (Å²) in [5, 5.41) is 0. The van der Waals surface area contributed by atoms with Crippen molar-refractivity contribution < 1.29 is 19.0 Å². The fraction of sp³-hybridized carbons (Fsp3) is 0.533. The molecule has 0 bridgehead atoms. The summed E-state index contributed by atoms with van der Waals surface area (Å²) in [4.78, 5) is 24.5. The third-order valence-corrected chi connectivity index (χ3v) is 3.51. The minimum absolute atomic E-state index is 0.134. The molecule has 1 aromatic carbocycles. The van der Waals surface area contributed by atoms with Crippen LogP contribution in [0.4, 0.5) is 4.39 Å². The molecule has 1 saturated heterocycles. The highest BCUT2D eigenvalue weighted by Gasteiger charge is 2.35. The quantitative estimate of drug-likeness (QED) is 0.470. The lowest BCUT2D eigenvalue weighted by Gasteiger charge is -2.34. The summed E-state index contributed by atoms with van der Waals surface area (Å²) in [7, 11) is 1.97. The Kier molecular flexibility index (Phi) is 5.23. The van der Waals surface area contributed by atoms with Gasteiger partial charge in [0.25, 0.3) is 0 Å². The maximum Gasteiger partial charge on any atom is 0.148 e. The molecule has 20 heavy (non-hydrogen) atoms. The summed E-state index contributed by atoms with van der Waals surface area (Å²) in [6.45, 7) is 3.85. The standard InChI is InChI=1S/C15H20FNO3/c1-3-19-20-10-12-8-17(2)9-14(15(12)18)11-4-6-13(16)7-5-11/h4-7,12,14H,3,8-10H2,1-2H3. The third-order valence-electron chi connectivity index (χ3n) is 3.51. The van der Waals surface area contributed by atoms with Crippen LogP contribution >= 0.6 is 0 Å². The first kappa shape index (κ1) is 15.1. The molecule has 5 heteroatoms. The van der Waals surface area contributed by atoms with Crippen molar-refractivity contribution in [2.75, 3.05) is 33.4 Å². The van der Waals surface area contributed by atoms with E-state index in [1.807, 2.05) is 14.0 Å². The molecular weight excluding hydrogens is 261 g/mol. The van der Waals surface area contributed by atoms with Crippen LogP contribution in [0.15, 0.2) is 24.3 Å². The molecule has 0 radical (unpaired) electrons. The Hall–Kier alpha value is -1.30.